The maximum atomic E-state index is 13.6. The quantitative estimate of drug-likeness (QED) is 0.385. The standard InChI is InChI=1S/C27H24N6O3/c1-17(2)33-26-22(16-29-33)21(15-23(31-26)18-7-8-24-25(13-18)36-12-11-35-24)27(34)30-19-5-3-6-20(14-19)32-10-4-9-28-32/h3-10,13-17H,11-12H2,1-2H3,(H,30,34). The molecule has 2 aromatic carbocycles. The third-order valence-corrected chi connectivity index (χ3v) is 6.01. The van der Waals surface area contributed by atoms with Crippen LogP contribution >= 0.6 is 0 Å². The van der Waals surface area contributed by atoms with Crippen molar-refractivity contribution in [3.63, 3.8) is 0 Å². The first-order valence-corrected chi connectivity index (χ1v) is 11.8. The maximum absolute atomic E-state index is 13.6. The zero-order valence-electron chi connectivity index (χ0n) is 19.9. The third kappa shape index (κ3) is 3.94. The van der Waals surface area contributed by atoms with Gasteiger partial charge in [0, 0.05) is 29.7 Å². The van der Waals surface area contributed by atoms with Crippen molar-refractivity contribution in [1.29, 1.82) is 0 Å². The average molecular weight is 481 g/mol. The molecule has 36 heavy (non-hydrogen) atoms. The van der Waals surface area contributed by atoms with Crippen LogP contribution in [0.1, 0.15) is 30.2 Å². The molecule has 4 heterocycles. The summed E-state index contributed by atoms with van der Waals surface area (Å²) >= 11 is 0. The number of hydrogen-bond acceptors (Lipinski definition) is 6. The van der Waals surface area contributed by atoms with Crippen LogP contribution in [0.2, 0.25) is 0 Å². The molecule has 9 heteroatoms. The summed E-state index contributed by atoms with van der Waals surface area (Å²) < 4.78 is 15.0. The van der Waals surface area contributed by atoms with Gasteiger partial charge in [0.1, 0.15) is 13.2 Å². The number of nitrogens with zero attached hydrogens (tertiary/aromatic N) is 5. The second kappa shape index (κ2) is 8.84. The van der Waals surface area contributed by atoms with E-state index in [4.69, 9.17) is 14.5 Å². The molecule has 5 aromatic rings. The Hall–Kier alpha value is -4.66. The highest BCUT2D eigenvalue weighted by Crippen LogP contribution is 2.35. The number of pyridine rings is 1. The zero-order chi connectivity index (χ0) is 24.6. The van der Waals surface area contributed by atoms with E-state index in [2.05, 4.69) is 15.5 Å². The molecule has 180 valence electrons. The number of aromatic nitrogens is 5. The van der Waals surface area contributed by atoms with Gasteiger partial charge in [-0.15, -0.1) is 0 Å². The topological polar surface area (TPSA) is 96.1 Å². The van der Waals surface area contributed by atoms with Crippen molar-refractivity contribution in [1.82, 2.24) is 24.5 Å². The van der Waals surface area contributed by atoms with E-state index >= 15 is 0 Å². The molecule has 0 unspecified atom stereocenters. The summed E-state index contributed by atoms with van der Waals surface area (Å²) in [6.45, 7) is 5.08. The van der Waals surface area contributed by atoms with Crippen molar-refractivity contribution < 1.29 is 14.3 Å². The SMILES string of the molecule is CC(C)n1ncc2c(C(=O)Nc3cccc(-n4cccn4)c3)cc(-c3ccc4c(c3)OCCO4)nc21. The molecule has 0 saturated heterocycles. The van der Waals surface area contributed by atoms with Gasteiger partial charge in [-0.2, -0.15) is 10.2 Å². The molecule has 0 aliphatic carbocycles. The minimum atomic E-state index is -0.248. The van der Waals surface area contributed by atoms with E-state index < -0.39 is 0 Å². The number of carbonyl (C=O) groups excluding carboxylic acids is 1. The first-order chi connectivity index (χ1) is 17.6. The summed E-state index contributed by atoms with van der Waals surface area (Å²) in [7, 11) is 0. The molecule has 1 N–H and O–H groups in total. The first kappa shape index (κ1) is 21.8. The van der Waals surface area contributed by atoms with Crippen LogP contribution in [0.4, 0.5) is 5.69 Å². The Morgan fingerprint density at radius 1 is 1.00 bits per heavy atom. The lowest BCUT2D eigenvalue weighted by Gasteiger charge is -2.19. The van der Waals surface area contributed by atoms with Crippen molar-refractivity contribution in [2.75, 3.05) is 18.5 Å². The van der Waals surface area contributed by atoms with E-state index in [9.17, 15) is 4.79 Å². The van der Waals surface area contributed by atoms with E-state index in [0.29, 0.717) is 52.7 Å². The molecule has 1 amide bonds. The summed E-state index contributed by atoms with van der Waals surface area (Å²) in [5, 5.41) is 12.5. The molecular weight excluding hydrogens is 456 g/mol. The smallest absolute Gasteiger partial charge is 0.256 e. The third-order valence-electron chi connectivity index (χ3n) is 6.01. The Balaban J connectivity index is 1.42. The predicted molar refractivity (Wildman–Crippen MR) is 136 cm³/mol. The monoisotopic (exact) mass is 480 g/mol. The van der Waals surface area contributed by atoms with Gasteiger partial charge in [-0.25, -0.2) is 14.3 Å². The van der Waals surface area contributed by atoms with E-state index in [1.807, 2.05) is 73.3 Å². The van der Waals surface area contributed by atoms with Crippen LogP contribution in [0.5, 0.6) is 11.5 Å². The summed E-state index contributed by atoms with van der Waals surface area (Å²) in [5.41, 5.74) is 4.12. The van der Waals surface area contributed by atoms with Gasteiger partial charge in [-0.05, 0) is 62.4 Å². The van der Waals surface area contributed by atoms with Gasteiger partial charge in [0.2, 0.25) is 0 Å². The van der Waals surface area contributed by atoms with Crippen molar-refractivity contribution in [2.45, 2.75) is 19.9 Å². The van der Waals surface area contributed by atoms with Gasteiger partial charge in [-0.3, -0.25) is 4.79 Å². The van der Waals surface area contributed by atoms with Gasteiger partial charge in [-0.1, -0.05) is 6.07 Å². The Kier molecular flexibility index (Phi) is 5.37. The van der Waals surface area contributed by atoms with Gasteiger partial charge in [0.25, 0.3) is 5.91 Å². The maximum Gasteiger partial charge on any atom is 0.256 e. The molecule has 0 bridgehead atoms. The number of ether oxygens (including phenoxy) is 2. The highest BCUT2D eigenvalue weighted by molar-refractivity contribution is 6.12. The summed E-state index contributed by atoms with van der Waals surface area (Å²) in [5.74, 6) is 1.12. The number of hydrogen-bond donors (Lipinski definition) is 1. The minimum Gasteiger partial charge on any atom is -0.486 e. The van der Waals surface area contributed by atoms with E-state index in [-0.39, 0.29) is 11.9 Å². The van der Waals surface area contributed by atoms with Crippen LogP contribution in [-0.4, -0.2) is 43.7 Å². The molecule has 1 aliphatic heterocycles. The number of fused-ring (bicyclic) bond motifs is 2. The fourth-order valence-electron chi connectivity index (χ4n) is 4.28. The van der Waals surface area contributed by atoms with Crippen LogP contribution in [0.3, 0.4) is 0 Å². The van der Waals surface area contributed by atoms with Gasteiger partial charge in [0.05, 0.1) is 28.5 Å². The molecule has 0 fully saturated rings. The second-order valence-electron chi connectivity index (χ2n) is 8.79. The van der Waals surface area contributed by atoms with Crippen molar-refractivity contribution in [3.05, 3.63) is 78.8 Å². The Bertz CT molecular complexity index is 1570. The van der Waals surface area contributed by atoms with Crippen LogP contribution in [0.15, 0.2) is 73.2 Å². The minimum absolute atomic E-state index is 0.0761. The fraction of sp³-hybridized carbons (Fsp3) is 0.185. The van der Waals surface area contributed by atoms with Crippen LogP contribution < -0.4 is 14.8 Å². The molecule has 0 saturated carbocycles. The normalized spacial score (nSPS) is 12.8. The van der Waals surface area contributed by atoms with Crippen molar-refractivity contribution in [2.24, 2.45) is 0 Å². The molecular formula is C27H24N6O3. The zero-order valence-corrected chi connectivity index (χ0v) is 19.9. The summed E-state index contributed by atoms with van der Waals surface area (Å²) in [4.78, 5) is 18.5. The van der Waals surface area contributed by atoms with Gasteiger partial charge >= 0.3 is 0 Å². The summed E-state index contributed by atoms with van der Waals surface area (Å²) in [6.07, 6.45) is 5.27. The number of nitrogens with one attached hydrogen (secondary N) is 1. The molecule has 1 aliphatic rings. The second-order valence-corrected chi connectivity index (χ2v) is 8.79. The largest absolute Gasteiger partial charge is 0.486 e. The fourth-order valence-corrected chi connectivity index (χ4v) is 4.28. The van der Waals surface area contributed by atoms with Crippen LogP contribution in [0, 0.1) is 0 Å². The number of amides is 1. The van der Waals surface area contributed by atoms with E-state index in [1.165, 1.54) is 0 Å². The Morgan fingerprint density at radius 2 is 1.86 bits per heavy atom. The number of carbonyl (C=O) groups is 1. The predicted octanol–water partition coefficient (Wildman–Crippen LogP) is 4.89. The molecule has 0 radical (unpaired) electrons. The number of benzene rings is 2. The summed E-state index contributed by atoms with van der Waals surface area (Å²) in [6, 6.07) is 17.0. The molecule has 6 rings (SSSR count). The highest BCUT2D eigenvalue weighted by atomic mass is 16.6. The van der Waals surface area contributed by atoms with Crippen molar-refractivity contribution >= 4 is 22.6 Å². The molecule has 0 spiro atoms. The van der Waals surface area contributed by atoms with Gasteiger partial charge in [0.15, 0.2) is 17.1 Å². The van der Waals surface area contributed by atoms with E-state index in [0.717, 1.165) is 11.3 Å². The van der Waals surface area contributed by atoms with E-state index in [1.54, 1.807) is 23.1 Å². The Morgan fingerprint density at radius 3 is 2.67 bits per heavy atom. The van der Waals surface area contributed by atoms with Gasteiger partial charge < -0.3 is 14.8 Å². The van der Waals surface area contributed by atoms with Crippen LogP contribution in [-0.2, 0) is 0 Å². The number of anilines is 1. The Labute approximate surface area is 207 Å². The lowest BCUT2D eigenvalue weighted by Crippen LogP contribution is -2.15. The van der Waals surface area contributed by atoms with Crippen molar-refractivity contribution in [3.8, 4) is 28.4 Å². The highest BCUT2D eigenvalue weighted by Gasteiger charge is 2.20. The van der Waals surface area contributed by atoms with Crippen LogP contribution in [0.25, 0.3) is 28.0 Å². The first-order valence-electron chi connectivity index (χ1n) is 11.8. The number of rotatable bonds is 5. The molecule has 0 atom stereocenters. The lowest BCUT2D eigenvalue weighted by molar-refractivity contribution is 0.102. The average Bonchev–Trinajstić information content (AvgIpc) is 3.58. The lowest BCUT2D eigenvalue weighted by atomic mass is 10.1. The molecule has 3 aromatic heterocycles. The molecule has 9 nitrogen and oxygen atoms in total.